The molecule has 26 heavy (non-hydrogen) atoms. The van der Waals surface area contributed by atoms with E-state index >= 15 is 0 Å². The summed E-state index contributed by atoms with van der Waals surface area (Å²) in [5, 5.41) is 3.71. The highest BCUT2D eigenvalue weighted by molar-refractivity contribution is 7.99. The minimum atomic E-state index is -0.554. The van der Waals surface area contributed by atoms with Crippen molar-refractivity contribution in [3.63, 3.8) is 0 Å². The summed E-state index contributed by atoms with van der Waals surface area (Å²) in [6.45, 7) is 9.39. The highest BCUT2D eigenvalue weighted by Gasteiger charge is 2.28. The molecule has 0 bridgehead atoms. The van der Waals surface area contributed by atoms with E-state index in [2.05, 4.69) is 5.32 Å². The first-order chi connectivity index (χ1) is 12.2. The van der Waals surface area contributed by atoms with E-state index in [0.717, 1.165) is 0 Å². The minimum Gasteiger partial charge on any atom is -0.465 e. The van der Waals surface area contributed by atoms with Gasteiger partial charge in [0.25, 0.3) is 0 Å². The Morgan fingerprint density at radius 2 is 1.65 bits per heavy atom. The summed E-state index contributed by atoms with van der Waals surface area (Å²) in [5.41, 5.74) is -0.542. The fraction of sp³-hybridized carbons (Fsp3) is 0.900. The van der Waals surface area contributed by atoms with Gasteiger partial charge in [0, 0.05) is 11.0 Å². The second-order valence-electron chi connectivity index (χ2n) is 8.03. The summed E-state index contributed by atoms with van der Waals surface area (Å²) in [4.78, 5) is 24.6. The predicted molar refractivity (Wildman–Crippen MR) is 107 cm³/mol. The van der Waals surface area contributed by atoms with E-state index in [1.807, 2.05) is 32.5 Å². The number of ether oxygens (including phenoxy) is 2. The Hall–Kier alpha value is -0.750. The van der Waals surface area contributed by atoms with Gasteiger partial charge in [-0.2, -0.15) is 11.8 Å². The van der Waals surface area contributed by atoms with Gasteiger partial charge >= 0.3 is 11.9 Å². The Bertz CT molecular complexity index is 428. The molecule has 0 amide bonds. The van der Waals surface area contributed by atoms with Gasteiger partial charge in [0.2, 0.25) is 0 Å². The standard InChI is InChI=1S/C20H37NO4S/c1-6-24-19(23)17(21-15(2)18(22)25-20(3,4)5)14-26-16-12-10-8-7-9-11-13-16/h15-17,21H,6-14H2,1-5H3/t15-,17?/m0/s1. The van der Waals surface area contributed by atoms with Crippen molar-refractivity contribution in [2.45, 2.75) is 102 Å². The van der Waals surface area contributed by atoms with Crippen molar-refractivity contribution in [3.8, 4) is 0 Å². The Kier molecular flexibility index (Phi) is 10.6. The van der Waals surface area contributed by atoms with Gasteiger partial charge in [-0.3, -0.25) is 14.9 Å². The van der Waals surface area contributed by atoms with Crippen LogP contribution in [0.3, 0.4) is 0 Å². The monoisotopic (exact) mass is 387 g/mol. The van der Waals surface area contributed by atoms with Crippen molar-refractivity contribution >= 4 is 23.7 Å². The van der Waals surface area contributed by atoms with Crippen LogP contribution in [0.25, 0.3) is 0 Å². The maximum absolute atomic E-state index is 12.3. The molecule has 1 aliphatic rings. The number of esters is 2. The lowest BCUT2D eigenvalue weighted by Gasteiger charge is -2.26. The first kappa shape index (κ1) is 23.3. The van der Waals surface area contributed by atoms with Gasteiger partial charge in [0.1, 0.15) is 17.7 Å². The van der Waals surface area contributed by atoms with Gasteiger partial charge in [-0.05, 0) is 47.5 Å². The quantitative estimate of drug-likeness (QED) is 0.633. The van der Waals surface area contributed by atoms with Crippen molar-refractivity contribution < 1.29 is 19.1 Å². The summed E-state index contributed by atoms with van der Waals surface area (Å²) in [6.07, 6.45) is 8.92. The van der Waals surface area contributed by atoms with E-state index in [9.17, 15) is 9.59 Å². The summed E-state index contributed by atoms with van der Waals surface area (Å²) < 4.78 is 10.6. The topological polar surface area (TPSA) is 64.6 Å². The first-order valence-corrected chi connectivity index (χ1v) is 11.0. The van der Waals surface area contributed by atoms with Crippen molar-refractivity contribution in [3.05, 3.63) is 0 Å². The zero-order chi connectivity index (χ0) is 19.6. The van der Waals surface area contributed by atoms with Crippen molar-refractivity contribution in [1.82, 2.24) is 5.32 Å². The second kappa shape index (κ2) is 11.9. The van der Waals surface area contributed by atoms with Crippen LogP contribution in [-0.2, 0) is 19.1 Å². The molecule has 1 aliphatic carbocycles. The number of hydrogen-bond acceptors (Lipinski definition) is 6. The molecule has 152 valence electrons. The summed E-state index contributed by atoms with van der Waals surface area (Å²) in [5.74, 6) is -0.0135. The van der Waals surface area contributed by atoms with Crippen LogP contribution in [0, 0.1) is 0 Å². The lowest BCUT2D eigenvalue weighted by molar-refractivity contribution is -0.157. The molecule has 1 rings (SSSR count). The summed E-state index contributed by atoms with van der Waals surface area (Å²) >= 11 is 1.83. The first-order valence-electron chi connectivity index (χ1n) is 10.00. The molecule has 1 saturated carbocycles. The normalized spacial score (nSPS) is 19.1. The van der Waals surface area contributed by atoms with E-state index in [0.29, 0.717) is 17.6 Å². The lowest BCUT2D eigenvalue weighted by Crippen LogP contribution is -2.49. The number of carbonyl (C=O) groups excluding carboxylic acids is 2. The molecular weight excluding hydrogens is 350 g/mol. The van der Waals surface area contributed by atoms with Crippen LogP contribution in [0.1, 0.15) is 79.6 Å². The van der Waals surface area contributed by atoms with E-state index in [1.165, 1.54) is 44.9 Å². The van der Waals surface area contributed by atoms with Crippen LogP contribution < -0.4 is 5.32 Å². The van der Waals surface area contributed by atoms with Gasteiger partial charge in [0.05, 0.1) is 6.61 Å². The van der Waals surface area contributed by atoms with Gasteiger partial charge in [-0.25, -0.2) is 0 Å². The fourth-order valence-electron chi connectivity index (χ4n) is 3.00. The highest BCUT2D eigenvalue weighted by Crippen LogP contribution is 2.27. The van der Waals surface area contributed by atoms with Gasteiger partial charge in [-0.15, -0.1) is 0 Å². The Morgan fingerprint density at radius 3 is 2.19 bits per heavy atom. The third kappa shape index (κ3) is 9.81. The zero-order valence-electron chi connectivity index (χ0n) is 17.1. The predicted octanol–water partition coefficient (Wildman–Crippen LogP) is 4.08. The number of thioether (sulfide) groups is 1. The lowest BCUT2D eigenvalue weighted by atomic mass is 10.0. The Morgan fingerprint density at radius 1 is 1.08 bits per heavy atom. The van der Waals surface area contributed by atoms with Crippen LogP contribution in [0.15, 0.2) is 0 Å². The third-order valence-corrected chi connectivity index (χ3v) is 5.80. The van der Waals surface area contributed by atoms with Gasteiger partial charge in [-0.1, -0.05) is 32.1 Å². The Balaban J connectivity index is 2.60. The largest absolute Gasteiger partial charge is 0.465 e. The molecule has 0 aromatic carbocycles. The smallest absolute Gasteiger partial charge is 0.324 e. The highest BCUT2D eigenvalue weighted by atomic mass is 32.2. The number of hydrogen-bond donors (Lipinski definition) is 1. The fourth-order valence-corrected chi connectivity index (χ4v) is 4.37. The van der Waals surface area contributed by atoms with Crippen LogP contribution in [0.4, 0.5) is 0 Å². The van der Waals surface area contributed by atoms with Gasteiger partial charge in [0.15, 0.2) is 0 Å². The van der Waals surface area contributed by atoms with E-state index < -0.39 is 17.7 Å². The molecule has 1 N–H and O–H groups in total. The minimum absolute atomic E-state index is 0.291. The van der Waals surface area contributed by atoms with Crippen molar-refractivity contribution in [2.24, 2.45) is 0 Å². The van der Waals surface area contributed by atoms with Gasteiger partial charge < -0.3 is 9.47 Å². The Labute approximate surface area is 163 Å². The second-order valence-corrected chi connectivity index (χ2v) is 9.36. The molecule has 0 spiro atoms. The molecule has 0 aromatic rings. The third-order valence-electron chi connectivity index (χ3n) is 4.33. The molecule has 5 nitrogen and oxygen atoms in total. The van der Waals surface area contributed by atoms with Crippen molar-refractivity contribution in [1.29, 1.82) is 0 Å². The number of carbonyl (C=O) groups is 2. The van der Waals surface area contributed by atoms with Crippen molar-refractivity contribution in [2.75, 3.05) is 12.4 Å². The van der Waals surface area contributed by atoms with Crippen LogP contribution in [-0.4, -0.2) is 47.2 Å². The molecule has 1 unspecified atom stereocenters. The summed E-state index contributed by atoms with van der Waals surface area (Å²) in [6, 6.07) is -1.05. The molecule has 0 aliphatic heterocycles. The maximum atomic E-state index is 12.3. The zero-order valence-corrected chi connectivity index (χ0v) is 18.0. The molecule has 0 radical (unpaired) electrons. The van der Waals surface area contributed by atoms with Crippen LogP contribution >= 0.6 is 11.8 Å². The van der Waals surface area contributed by atoms with Crippen LogP contribution in [0.2, 0.25) is 0 Å². The summed E-state index contributed by atoms with van der Waals surface area (Å²) in [7, 11) is 0. The number of nitrogens with one attached hydrogen (secondary N) is 1. The number of rotatable bonds is 8. The van der Waals surface area contributed by atoms with E-state index in [1.54, 1.807) is 13.8 Å². The molecule has 0 heterocycles. The molecule has 0 aromatic heterocycles. The molecule has 1 fully saturated rings. The molecule has 6 heteroatoms. The SMILES string of the molecule is CCOC(=O)C(CSC1CCCCCCC1)N[C@@H](C)C(=O)OC(C)(C)C. The molecule has 2 atom stereocenters. The molecular formula is C20H37NO4S. The maximum Gasteiger partial charge on any atom is 0.324 e. The van der Waals surface area contributed by atoms with E-state index in [-0.39, 0.29) is 11.9 Å². The average molecular weight is 388 g/mol. The van der Waals surface area contributed by atoms with Crippen LogP contribution in [0.5, 0.6) is 0 Å². The average Bonchev–Trinajstić information content (AvgIpc) is 2.50. The van der Waals surface area contributed by atoms with E-state index in [4.69, 9.17) is 9.47 Å². The molecule has 0 saturated heterocycles.